The van der Waals surface area contributed by atoms with Gasteiger partial charge in [-0.2, -0.15) is 5.10 Å². The van der Waals surface area contributed by atoms with Crippen LogP contribution in [0, 0.1) is 26.2 Å². The van der Waals surface area contributed by atoms with Crippen molar-refractivity contribution in [3.8, 4) is 18.0 Å². The molecule has 0 saturated carbocycles. The molecule has 0 aliphatic rings. The maximum atomic E-state index is 5.51. The molecule has 1 aromatic heterocycles. The van der Waals surface area contributed by atoms with Crippen LogP contribution in [0.2, 0.25) is 0 Å². The molecular weight excluding hydrogens is 246 g/mol. The van der Waals surface area contributed by atoms with Crippen LogP contribution < -0.4 is 5.32 Å². The van der Waals surface area contributed by atoms with Gasteiger partial charge in [0.2, 0.25) is 0 Å². The Bertz CT molecular complexity index is 630. The van der Waals surface area contributed by atoms with Gasteiger partial charge in [0.25, 0.3) is 0 Å². The molecule has 0 unspecified atom stereocenters. The summed E-state index contributed by atoms with van der Waals surface area (Å²) in [6, 6.07) is 10.2. The van der Waals surface area contributed by atoms with Gasteiger partial charge in [-0.25, -0.2) is 4.68 Å². The van der Waals surface area contributed by atoms with E-state index in [2.05, 4.69) is 35.4 Å². The Morgan fingerprint density at radius 1 is 1.25 bits per heavy atom. The van der Waals surface area contributed by atoms with E-state index in [4.69, 9.17) is 6.42 Å². The predicted octanol–water partition coefficient (Wildman–Crippen LogP) is 2.99. The molecule has 1 N–H and O–H groups in total. The summed E-state index contributed by atoms with van der Waals surface area (Å²) in [6.45, 7) is 8.85. The van der Waals surface area contributed by atoms with Crippen molar-refractivity contribution < 1.29 is 0 Å². The van der Waals surface area contributed by atoms with Crippen LogP contribution in [0.15, 0.2) is 30.3 Å². The molecule has 0 spiro atoms. The first-order valence-electron chi connectivity index (χ1n) is 6.78. The van der Waals surface area contributed by atoms with Crippen LogP contribution in [-0.2, 0) is 6.54 Å². The van der Waals surface area contributed by atoms with Crippen molar-refractivity contribution in [2.24, 2.45) is 0 Å². The Balaban J connectivity index is 2.29. The zero-order chi connectivity index (χ0) is 14.8. The summed E-state index contributed by atoms with van der Waals surface area (Å²) in [6.07, 6.45) is 5.51. The predicted molar refractivity (Wildman–Crippen MR) is 82.8 cm³/mol. The van der Waals surface area contributed by atoms with Crippen molar-refractivity contribution in [2.45, 2.75) is 39.8 Å². The van der Waals surface area contributed by atoms with Crippen LogP contribution in [0.5, 0.6) is 0 Å². The minimum absolute atomic E-state index is 0.312. The molecule has 0 bridgehead atoms. The molecule has 2 aromatic rings. The van der Waals surface area contributed by atoms with E-state index in [9.17, 15) is 0 Å². The molecule has 0 fully saturated rings. The van der Waals surface area contributed by atoms with Gasteiger partial charge in [-0.15, -0.1) is 6.42 Å². The second-order valence-electron chi connectivity index (χ2n) is 5.52. The highest BCUT2D eigenvalue weighted by Gasteiger charge is 2.17. The molecule has 0 aliphatic carbocycles. The monoisotopic (exact) mass is 267 g/mol. The smallest absolute Gasteiger partial charge is 0.0743 e. The summed E-state index contributed by atoms with van der Waals surface area (Å²) in [5.74, 6) is 2.75. The lowest BCUT2D eigenvalue weighted by Gasteiger charge is -2.19. The third-order valence-electron chi connectivity index (χ3n) is 3.51. The Labute approximate surface area is 121 Å². The van der Waals surface area contributed by atoms with Crippen LogP contribution in [0.1, 0.15) is 30.8 Å². The molecule has 3 heteroatoms. The van der Waals surface area contributed by atoms with Crippen molar-refractivity contribution in [1.29, 1.82) is 0 Å². The first-order chi connectivity index (χ1) is 9.44. The van der Waals surface area contributed by atoms with Crippen molar-refractivity contribution in [3.05, 3.63) is 47.3 Å². The molecule has 104 valence electrons. The lowest BCUT2D eigenvalue weighted by molar-refractivity contribution is 0.489. The average molecular weight is 267 g/mol. The number of nitrogens with zero attached hydrogens (tertiary/aromatic N) is 2. The number of benzene rings is 1. The maximum absolute atomic E-state index is 5.51. The number of rotatable bonds is 4. The average Bonchev–Trinajstić information content (AvgIpc) is 2.73. The largest absolute Gasteiger partial charge is 0.297 e. The van der Waals surface area contributed by atoms with E-state index >= 15 is 0 Å². The minimum atomic E-state index is -0.312. The van der Waals surface area contributed by atoms with Crippen LogP contribution in [0.4, 0.5) is 0 Å². The third kappa shape index (κ3) is 2.92. The number of terminal acetylenes is 1. The quantitative estimate of drug-likeness (QED) is 0.863. The van der Waals surface area contributed by atoms with Gasteiger partial charge in [0.15, 0.2) is 0 Å². The first-order valence-corrected chi connectivity index (χ1v) is 6.78. The fraction of sp³-hybridized carbons (Fsp3) is 0.353. The van der Waals surface area contributed by atoms with Crippen molar-refractivity contribution in [3.63, 3.8) is 0 Å². The van der Waals surface area contributed by atoms with E-state index in [0.29, 0.717) is 0 Å². The van der Waals surface area contributed by atoms with E-state index in [1.54, 1.807) is 0 Å². The first kappa shape index (κ1) is 14.4. The van der Waals surface area contributed by atoms with Crippen LogP contribution >= 0.6 is 0 Å². The second-order valence-corrected chi connectivity index (χ2v) is 5.52. The van der Waals surface area contributed by atoms with Crippen LogP contribution in [0.3, 0.4) is 0 Å². The van der Waals surface area contributed by atoms with Gasteiger partial charge in [-0.05, 0) is 39.8 Å². The second kappa shape index (κ2) is 5.52. The molecule has 3 nitrogen and oxygen atoms in total. The zero-order valence-electron chi connectivity index (χ0n) is 12.6. The molecule has 0 saturated heterocycles. The Morgan fingerprint density at radius 2 is 1.90 bits per heavy atom. The molecule has 20 heavy (non-hydrogen) atoms. The van der Waals surface area contributed by atoms with Crippen LogP contribution in [0.25, 0.3) is 5.69 Å². The normalized spacial score (nSPS) is 11.3. The number of nitrogens with one attached hydrogen (secondary N) is 1. The highest BCUT2D eigenvalue weighted by atomic mass is 15.3. The molecule has 0 atom stereocenters. The molecule has 0 radical (unpaired) electrons. The molecule has 0 aliphatic heterocycles. The third-order valence-corrected chi connectivity index (χ3v) is 3.51. The topological polar surface area (TPSA) is 29.9 Å². The van der Waals surface area contributed by atoms with Gasteiger partial charge in [-0.3, -0.25) is 5.32 Å². The highest BCUT2D eigenvalue weighted by molar-refractivity contribution is 5.37. The summed E-state index contributed by atoms with van der Waals surface area (Å²) in [7, 11) is 0. The summed E-state index contributed by atoms with van der Waals surface area (Å²) in [5.41, 5.74) is 4.15. The highest BCUT2D eigenvalue weighted by Crippen LogP contribution is 2.18. The van der Waals surface area contributed by atoms with Gasteiger partial charge >= 0.3 is 0 Å². The Hall–Kier alpha value is -2.05. The molecular formula is C17H21N3. The van der Waals surface area contributed by atoms with Gasteiger partial charge in [0.1, 0.15) is 0 Å². The molecule has 1 aromatic carbocycles. The van der Waals surface area contributed by atoms with E-state index in [1.807, 2.05) is 43.7 Å². The minimum Gasteiger partial charge on any atom is -0.297 e. The number of aryl methyl sites for hydroxylation is 1. The maximum Gasteiger partial charge on any atom is 0.0743 e. The van der Waals surface area contributed by atoms with Crippen LogP contribution in [-0.4, -0.2) is 15.3 Å². The number of hydrogen-bond acceptors (Lipinski definition) is 2. The standard InChI is InChI=1S/C17H21N3/c1-6-17(4,5)18-12-16-13(2)19-20(14(16)3)15-10-8-7-9-11-15/h1,7-11,18H,12H2,2-5H3. The van der Waals surface area contributed by atoms with Gasteiger partial charge in [-0.1, -0.05) is 24.1 Å². The Morgan fingerprint density at radius 3 is 2.50 bits per heavy atom. The van der Waals surface area contributed by atoms with Crippen molar-refractivity contribution in [2.75, 3.05) is 0 Å². The van der Waals surface area contributed by atoms with E-state index in [-0.39, 0.29) is 5.54 Å². The fourth-order valence-electron chi connectivity index (χ4n) is 2.11. The zero-order valence-corrected chi connectivity index (χ0v) is 12.6. The van der Waals surface area contributed by atoms with Crippen molar-refractivity contribution in [1.82, 2.24) is 15.1 Å². The number of aromatic nitrogens is 2. The van der Waals surface area contributed by atoms with E-state index in [1.165, 1.54) is 5.56 Å². The van der Waals surface area contributed by atoms with E-state index in [0.717, 1.165) is 23.6 Å². The summed E-state index contributed by atoms with van der Waals surface area (Å²) >= 11 is 0. The van der Waals surface area contributed by atoms with E-state index < -0.39 is 0 Å². The lowest BCUT2D eigenvalue weighted by Crippen LogP contribution is -2.37. The molecule has 1 heterocycles. The summed E-state index contributed by atoms with van der Waals surface area (Å²) < 4.78 is 1.98. The summed E-state index contributed by atoms with van der Waals surface area (Å²) in [4.78, 5) is 0. The SMILES string of the molecule is C#CC(C)(C)NCc1c(C)nn(-c2ccccc2)c1C. The number of para-hydroxylation sites is 1. The fourth-order valence-corrected chi connectivity index (χ4v) is 2.11. The lowest BCUT2D eigenvalue weighted by atomic mass is 10.1. The van der Waals surface area contributed by atoms with Gasteiger partial charge in [0, 0.05) is 17.8 Å². The summed E-state index contributed by atoms with van der Waals surface area (Å²) in [5, 5.41) is 8.01. The Kier molecular flexibility index (Phi) is 3.96. The van der Waals surface area contributed by atoms with Gasteiger partial charge in [0.05, 0.1) is 16.9 Å². The molecule has 2 rings (SSSR count). The van der Waals surface area contributed by atoms with Crippen molar-refractivity contribution >= 4 is 0 Å². The van der Waals surface area contributed by atoms with Gasteiger partial charge < -0.3 is 0 Å². The molecule has 0 amide bonds. The number of hydrogen-bond donors (Lipinski definition) is 1.